The van der Waals surface area contributed by atoms with Gasteiger partial charge in [0, 0.05) is 12.6 Å². The lowest BCUT2D eigenvalue weighted by Gasteiger charge is -2.21. The maximum Gasteiger partial charge on any atom is 0.407 e. The SMILES string of the molecule is COc1ccc(CC2CCCN2C(=O)O)cc1. The molecule has 1 amide bonds. The molecule has 1 fully saturated rings. The van der Waals surface area contributed by atoms with E-state index in [0.717, 1.165) is 30.6 Å². The molecule has 1 aliphatic rings. The van der Waals surface area contributed by atoms with E-state index in [9.17, 15) is 4.79 Å². The van der Waals surface area contributed by atoms with Gasteiger partial charge < -0.3 is 14.7 Å². The zero-order chi connectivity index (χ0) is 12.3. The van der Waals surface area contributed by atoms with Crippen LogP contribution >= 0.6 is 0 Å². The summed E-state index contributed by atoms with van der Waals surface area (Å²) < 4.78 is 5.09. The number of rotatable bonds is 3. The Hall–Kier alpha value is -1.71. The summed E-state index contributed by atoms with van der Waals surface area (Å²) in [6.07, 6.45) is 1.91. The van der Waals surface area contributed by atoms with Crippen molar-refractivity contribution in [1.82, 2.24) is 4.90 Å². The average molecular weight is 235 g/mol. The Morgan fingerprint density at radius 2 is 2.18 bits per heavy atom. The van der Waals surface area contributed by atoms with Crippen LogP contribution < -0.4 is 4.74 Å². The summed E-state index contributed by atoms with van der Waals surface area (Å²) in [7, 11) is 1.64. The Morgan fingerprint density at radius 3 is 2.76 bits per heavy atom. The number of nitrogens with zero attached hydrogens (tertiary/aromatic N) is 1. The van der Waals surface area contributed by atoms with Crippen LogP contribution in [0.4, 0.5) is 4.79 Å². The second-order valence-electron chi connectivity index (χ2n) is 4.32. The first-order chi connectivity index (χ1) is 8.20. The molecule has 0 saturated carbocycles. The molecule has 0 spiro atoms. The largest absolute Gasteiger partial charge is 0.497 e. The summed E-state index contributed by atoms with van der Waals surface area (Å²) in [6, 6.07) is 7.94. The van der Waals surface area contributed by atoms with Crippen LogP contribution in [-0.4, -0.2) is 35.8 Å². The molecule has 2 rings (SSSR count). The van der Waals surface area contributed by atoms with Gasteiger partial charge in [-0.2, -0.15) is 0 Å². The molecule has 1 aromatic carbocycles. The standard InChI is InChI=1S/C13H17NO3/c1-17-12-6-4-10(5-7-12)9-11-3-2-8-14(11)13(15)16/h4-7,11H,2-3,8-9H2,1H3,(H,15,16). The normalized spacial score (nSPS) is 19.4. The zero-order valence-corrected chi connectivity index (χ0v) is 9.93. The van der Waals surface area contributed by atoms with Gasteiger partial charge in [0.2, 0.25) is 0 Å². The lowest BCUT2D eigenvalue weighted by Crippen LogP contribution is -2.35. The van der Waals surface area contributed by atoms with Gasteiger partial charge in [-0.3, -0.25) is 0 Å². The molecule has 0 aromatic heterocycles. The van der Waals surface area contributed by atoms with Crippen molar-refractivity contribution in [1.29, 1.82) is 0 Å². The van der Waals surface area contributed by atoms with E-state index in [1.165, 1.54) is 0 Å². The molecule has 1 N–H and O–H groups in total. The fourth-order valence-electron chi connectivity index (χ4n) is 2.33. The third kappa shape index (κ3) is 2.70. The van der Waals surface area contributed by atoms with Gasteiger partial charge in [-0.05, 0) is 37.0 Å². The van der Waals surface area contributed by atoms with Crippen LogP contribution in [0, 0.1) is 0 Å². The van der Waals surface area contributed by atoms with E-state index in [2.05, 4.69) is 0 Å². The van der Waals surface area contributed by atoms with E-state index < -0.39 is 6.09 Å². The number of ether oxygens (including phenoxy) is 1. The molecular formula is C13H17NO3. The van der Waals surface area contributed by atoms with Crippen molar-refractivity contribution in [2.24, 2.45) is 0 Å². The summed E-state index contributed by atoms with van der Waals surface area (Å²) >= 11 is 0. The minimum atomic E-state index is -0.805. The first-order valence-electron chi connectivity index (χ1n) is 5.83. The third-order valence-corrected chi connectivity index (χ3v) is 3.25. The molecule has 0 bridgehead atoms. The molecule has 17 heavy (non-hydrogen) atoms. The highest BCUT2D eigenvalue weighted by molar-refractivity contribution is 5.65. The highest BCUT2D eigenvalue weighted by atomic mass is 16.5. The molecule has 4 nitrogen and oxygen atoms in total. The second-order valence-corrected chi connectivity index (χ2v) is 4.32. The molecule has 1 unspecified atom stereocenters. The second kappa shape index (κ2) is 5.08. The minimum Gasteiger partial charge on any atom is -0.497 e. The first-order valence-corrected chi connectivity index (χ1v) is 5.83. The van der Waals surface area contributed by atoms with Gasteiger partial charge >= 0.3 is 6.09 Å². The predicted octanol–water partition coefficient (Wildman–Crippen LogP) is 2.38. The summed E-state index contributed by atoms with van der Waals surface area (Å²) in [5, 5.41) is 9.05. The molecule has 92 valence electrons. The van der Waals surface area contributed by atoms with Crippen molar-refractivity contribution >= 4 is 6.09 Å². The van der Waals surface area contributed by atoms with E-state index in [4.69, 9.17) is 9.84 Å². The van der Waals surface area contributed by atoms with Gasteiger partial charge in [-0.1, -0.05) is 12.1 Å². The average Bonchev–Trinajstić information content (AvgIpc) is 2.78. The fourth-order valence-corrected chi connectivity index (χ4v) is 2.33. The molecule has 1 heterocycles. The Kier molecular flexibility index (Phi) is 3.52. The number of likely N-dealkylation sites (tertiary alicyclic amines) is 1. The van der Waals surface area contributed by atoms with Crippen LogP contribution in [0.15, 0.2) is 24.3 Å². The lowest BCUT2D eigenvalue weighted by molar-refractivity contribution is 0.140. The van der Waals surface area contributed by atoms with Crippen molar-refractivity contribution in [2.45, 2.75) is 25.3 Å². The van der Waals surface area contributed by atoms with E-state index in [0.29, 0.717) is 6.54 Å². The number of hydrogen-bond donors (Lipinski definition) is 1. The molecule has 1 saturated heterocycles. The van der Waals surface area contributed by atoms with Gasteiger partial charge in [-0.25, -0.2) is 4.79 Å². The number of hydrogen-bond acceptors (Lipinski definition) is 2. The van der Waals surface area contributed by atoms with Crippen LogP contribution in [0.25, 0.3) is 0 Å². The van der Waals surface area contributed by atoms with Crippen LogP contribution in [0.5, 0.6) is 5.75 Å². The first kappa shape index (κ1) is 11.8. The maximum absolute atomic E-state index is 11.0. The van der Waals surface area contributed by atoms with Crippen LogP contribution in [0.1, 0.15) is 18.4 Å². The topological polar surface area (TPSA) is 49.8 Å². The van der Waals surface area contributed by atoms with Gasteiger partial charge in [0.05, 0.1) is 7.11 Å². The number of amides is 1. The van der Waals surface area contributed by atoms with Crippen molar-refractivity contribution in [2.75, 3.05) is 13.7 Å². The van der Waals surface area contributed by atoms with Gasteiger partial charge in [0.25, 0.3) is 0 Å². The Labute approximate surface area is 101 Å². The van der Waals surface area contributed by atoms with Gasteiger partial charge in [0.15, 0.2) is 0 Å². The molecule has 1 atom stereocenters. The number of carbonyl (C=O) groups is 1. The molecule has 1 aromatic rings. The Balaban J connectivity index is 2.02. The number of benzene rings is 1. The summed E-state index contributed by atoms with van der Waals surface area (Å²) in [5.41, 5.74) is 1.16. The van der Waals surface area contributed by atoms with E-state index in [1.807, 2.05) is 24.3 Å². The van der Waals surface area contributed by atoms with Crippen molar-refractivity contribution in [3.05, 3.63) is 29.8 Å². The van der Waals surface area contributed by atoms with E-state index in [1.54, 1.807) is 12.0 Å². The van der Waals surface area contributed by atoms with E-state index >= 15 is 0 Å². The zero-order valence-electron chi connectivity index (χ0n) is 9.93. The molecule has 0 radical (unpaired) electrons. The van der Waals surface area contributed by atoms with Gasteiger partial charge in [0.1, 0.15) is 5.75 Å². The predicted molar refractivity (Wildman–Crippen MR) is 64.5 cm³/mol. The smallest absolute Gasteiger partial charge is 0.407 e. The third-order valence-electron chi connectivity index (χ3n) is 3.25. The summed E-state index contributed by atoms with van der Waals surface area (Å²) in [4.78, 5) is 12.6. The quantitative estimate of drug-likeness (QED) is 0.875. The van der Waals surface area contributed by atoms with Crippen LogP contribution in [0.3, 0.4) is 0 Å². The molecule has 4 heteroatoms. The van der Waals surface area contributed by atoms with Crippen LogP contribution in [0.2, 0.25) is 0 Å². The van der Waals surface area contributed by atoms with Crippen molar-refractivity contribution in [3.63, 3.8) is 0 Å². The van der Waals surface area contributed by atoms with Crippen LogP contribution in [-0.2, 0) is 6.42 Å². The number of carboxylic acid groups (broad SMARTS) is 1. The van der Waals surface area contributed by atoms with Crippen molar-refractivity contribution < 1.29 is 14.6 Å². The Morgan fingerprint density at radius 1 is 1.47 bits per heavy atom. The minimum absolute atomic E-state index is 0.126. The Bertz CT molecular complexity index is 388. The molecule has 1 aliphatic heterocycles. The van der Waals surface area contributed by atoms with E-state index in [-0.39, 0.29) is 6.04 Å². The number of methoxy groups -OCH3 is 1. The van der Waals surface area contributed by atoms with Gasteiger partial charge in [-0.15, -0.1) is 0 Å². The lowest BCUT2D eigenvalue weighted by atomic mass is 10.0. The fraction of sp³-hybridized carbons (Fsp3) is 0.462. The molecular weight excluding hydrogens is 218 g/mol. The highest BCUT2D eigenvalue weighted by Gasteiger charge is 2.28. The monoisotopic (exact) mass is 235 g/mol. The van der Waals surface area contributed by atoms with Crippen molar-refractivity contribution in [3.8, 4) is 5.75 Å². The highest BCUT2D eigenvalue weighted by Crippen LogP contribution is 2.22. The maximum atomic E-state index is 11.0. The molecule has 0 aliphatic carbocycles. The summed E-state index contributed by atoms with van der Waals surface area (Å²) in [5.74, 6) is 0.829. The summed E-state index contributed by atoms with van der Waals surface area (Å²) in [6.45, 7) is 0.663.